The first-order valence-electron chi connectivity index (χ1n) is 14.6. The topological polar surface area (TPSA) is 119 Å². The summed E-state index contributed by atoms with van der Waals surface area (Å²) in [6, 6.07) is 11.4. The van der Waals surface area contributed by atoms with Crippen LogP contribution in [0.1, 0.15) is 60.0 Å². The molecule has 8 nitrogen and oxygen atoms in total. The maximum Gasteiger partial charge on any atom is 0.262 e. The predicted molar refractivity (Wildman–Crippen MR) is 161 cm³/mol. The molecule has 1 amide bonds. The molecule has 0 saturated heterocycles. The fourth-order valence-electron chi connectivity index (χ4n) is 7.23. The Morgan fingerprint density at radius 3 is 2.68 bits per heavy atom. The van der Waals surface area contributed by atoms with Crippen LogP contribution < -0.4 is 14.4 Å². The minimum atomic E-state index is -3.08. The van der Waals surface area contributed by atoms with Crippen molar-refractivity contribution in [1.29, 1.82) is 0 Å². The lowest BCUT2D eigenvalue weighted by Gasteiger charge is -2.46. The highest BCUT2D eigenvalue weighted by atomic mass is 35.5. The third-order valence-electron chi connectivity index (χ3n) is 9.67. The van der Waals surface area contributed by atoms with E-state index in [1.54, 1.807) is 12.1 Å². The van der Waals surface area contributed by atoms with Crippen LogP contribution >= 0.6 is 11.6 Å². The largest absolute Gasteiger partial charge is 0.490 e. The van der Waals surface area contributed by atoms with Crippen molar-refractivity contribution in [3.8, 4) is 5.75 Å². The van der Waals surface area contributed by atoms with Crippen LogP contribution in [0.2, 0.25) is 5.02 Å². The van der Waals surface area contributed by atoms with E-state index in [4.69, 9.17) is 16.3 Å². The number of rotatable bonds is 0. The van der Waals surface area contributed by atoms with Gasteiger partial charge in [0.25, 0.3) is 5.91 Å². The monoisotopic (exact) mass is 602 g/mol. The molecule has 7 atom stereocenters. The average molecular weight is 603 g/mol. The summed E-state index contributed by atoms with van der Waals surface area (Å²) in [4.78, 5) is 15.6. The van der Waals surface area contributed by atoms with Crippen LogP contribution in [0.5, 0.6) is 5.75 Å². The standard InChI is InChI=1S/C31H39ClN2O6S/c1-41(39)12-10-26(35)28(37)15-27(36)23-7-4-21(23)16-34-17-31(11-2-3-19-13-22(32)6-8-24(19)31)18-40-29-9-5-20(14-25(29)34)30(38)33-41/h5-6,8-9,13-14,21,23,26-28,35-37H,1-4,7,10-12,15-18H2,(H,33,38,39)/t21-,23+,26+,27-,28-,31-,41?/m0/s1. The van der Waals surface area contributed by atoms with Gasteiger partial charge >= 0.3 is 0 Å². The second-order valence-electron chi connectivity index (χ2n) is 12.5. The van der Waals surface area contributed by atoms with E-state index < -0.39 is 33.9 Å². The molecule has 4 aliphatic rings. The van der Waals surface area contributed by atoms with Crippen molar-refractivity contribution in [2.45, 2.75) is 68.7 Å². The minimum Gasteiger partial charge on any atom is -0.490 e. The fraction of sp³-hybridized carbons (Fsp3) is 0.548. The molecule has 41 heavy (non-hydrogen) atoms. The van der Waals surface area contributed by atoms with Gasteiger partial charge in [-0.15, -0.1) is 0 Å². The Bertz CT molecular complexity index is 1430. The molecular formula is C31H39ClN2O6S. The molecule has 2 aliphatic carbocycles. The van der Waals surface area contributed by atoms with E-state index in [1.165, 1.54) is 11.1 Å². The number of anilines is 1. The van der Waals surface area contributed by atoms with Gasteiger partial charge in [0.15, 0.2) is 0 Å². The van der Waals surface area contributed by atoms with Crippen molar-refractivity contribution in [2.24, 2.45) is 11.8 Å². The number of aryl methyl sites for hydroxylation is 1. The van der Waals surface area contributed by atoms with Crippen molar-refractivity contribution >= 4 is 38.8 Å². The molecule has 222 valence electrons. The average Bonchev–Trinajstić information content (AvgIpc) is 3.06. The second-order valence-corrected chi connectivity index (χ2v) is 15.1. The lowest BCUT2D eigenvalue weighted by atomic mass is 9.68. The van der Waals surface area contributed by atoms with Gasteiger partial charge in [0.1, 0.15) is 5.75 Å². The molecule has 0 radical (unpaired) electrons. The Morgan fingerprint density at radius 1 is 1.07 bits per heavy atom. The van der Waals surface area contributed by atoms with Gasteiger partial charge in [-0.1, -0.05) is 17.7 Å². The maximum absolute atomic E-state index is 13.3. The van der Waals surface area contributed by atoms with E-state index in [1.807, 2.05) is 12.1 Å². The lowest BCUT2D eigenvalue weighted by Crippen LogP contribution is -2.50. The Labute approximate surface area is 246 Å². The molecular weight excluding hydrogens is 564 g/mol. The number of ether oxygens (including phenoxy) is 1. The number of carbonyl (C=O) groups excluding carboxylic acids is 1. The van der Waals surface area contributed by atoms with E-state index in [0.29, 0.717) is 31.0 Å². The van der Waals surface area contributed by atoms with Crippen LogP contribution in [0.4, 0.5) is 5.69 Å². The van der Waals surface area contributed by atoms with Crippen LogP contribution in [0.15, 0.2) is 36.4 Å². The first kappa shape index (κ1) is 28.8. The summed E-state index contributed by atoms with van der Waals surface area (Å²) in [5.41, 5.74) is 3.35. The fourth-order valence-corrected chi connectivity index (χ4v) is 8.60. The summed E-state index contributed by atoms with van der Waals surface area (Å²) in [5.74, 6) is 3.94. The highest BCUT2D eigenvalue weighted by Gasteiger charge is 2.44. The van der Waals surface area contributed by atoms with E-state index >= 15 is 0 Å². The SMILES string of the molecule is C=S1(=O)CC[C@@H](O)[C@@H](O)C[C@H](O)[C@@H]2CC[C@H]2CN2C[C@@]3(CCCc4cc(Cl)ccc43)COc3ccc(cc32)C(=O)N1. The third-order valence-corrected chi connectivity index (χ3v) is 11.4. The van der Waals surface area contributed by atoms with Crippen LogP contribution in [-0.2, 0) is 21.5 Å². The molecule has 4 N–H and O–H groups in total. The first-order chi connectivity index (χ1) is 19.5. The molecule has 2 aromatic rings. The zero-order valence-electron chi connectivity index (χ0n) is 23.1. The zero-order valence-corrected chi connectivity index (χ0v) is 24.7. The quantitative estimate of drug-likeness (QED) is 0.342. The van der Waals surface area contributed by atoms with Gasteiger partial charge in [-0.25, -0.2) is 4.21 Å². The summed E-state index contributed by atoms with van der Waals surface area (Å²) in [5, 5.41) is 33.0. The number of halogens is 1. The number of nitrogens with zero attached hydrogens (tertiary/aromatic N) is 1. The van der Waals surface area contributed by atoms with Crippen molar-refractivity contribution in [3.63, 3.8) is 0 Å². The van der Waals surface area contributed by atoms with Crippen LogP contribution in [-0.4, -0.2) is 75.1 Å². The smallest absolute Gasteiger partial charge is 0.262 e. The molecule has 1 saturated carbocycles. The second kappa shape index (κ2) is 11.1. The molecule has 0 aromatic heterocycles. The number of aliphatic hydroxyl groups is 3. The highest BCUT2D eigenvalue weighted by molar-refractivity contribution is 7.99. The van der Waals surface area contributed by atoms with Gasteiger partial charge in [0.05, 0.1) is 30.6 Å². The summed E-state index contributed by atoms with van der Waals surface area (Å²) in [6.45, 7) is 1.81. The minimum absolute atomic E-state index is 0.00876. The van der Waals surface area contributed by atoms with E-state index in [2.05, 4.69) is 27.6 Å². The molecule has 1 spiro atoms. The summed E-state index contributed by atoms with van der Waals surface area (Å²) >= 11 is 6.37. The van der Waals surface area contributed by atoms with Gasteiger partial charge in [0.2, 0.25) is 0 Å². The van der Waals surface area contributed by atoms with Gasteiger partial charge in [-0.05, 0) is 97.7 Å². The lowest BCUT2D eigenvalue weighted by molar-refractivity contribution is -0.0510. The number of nitrogens with one attached hydrogen (secondary N) is 1. The van der Waals surface area contributed by atoms with Crippen molar-refractivity contribution in [2.75, 3.05) is 30.3 Å². The van der Waals surface area contributed by atoms with E-state index in [-0.39, 0.29) is 35.8 Å². The van der Waals surface area contributed by atoms with Crippen molar-refractivity contribution in [1.82, 2.24) is 4.72 Å². The van der Waals surface area contributed by atoms with E-state index in [0.717, 1.165) is 42.8 Å². The number of aliphatic hydroxyl groups excluding tert-OH is 3. The molecule has 1 fully saturated rings. The van der Waals surface area contributed by atoms with Gasteiger partial charge in [-0.2, -0.15) is 0 Å². The van der Waals surface area contributed by atoms with Gasteiger partial charge in [0, 0.05) is 51.0 Å². The molecule has 2 aliphatic heterocycles. The molecule has 1 unspecified atom stereocenters. The number of fused-ring (bicyclic) bond motifs is 4. The van der Waals surface area contributed by atoms with Crippen LogP contribution in [0.25, 0.3) is 0 Å². The Hall–Kier alpha value is -2.30. The van der Waals surface area contributed by atoms with Gasteiger partial charge in [-0.3, -0.25) is 9.52 Å². The number of hydrogen-bond donors (Lipinski definition) is 4. The van der Waals surface area contributed by atoms with Gasteiger partial charge < -0.3 is 25.0 Å². The zero-order chi connectivity index (χ0) is 28.9. The van der Waals surface area contributed by atoms with Crippen LogP contribution in [0.3, 0.4) is 0 Å². The summed E-state index contributed by atoms with van der Waals surface area (Å²) in [6.07, 6.45) is 1.62. The molecule has 2 bridgehead atoms. The van der Waals surface area contributed by atoms with Crippen molar-refractivity contribution in [3.05, 3.63) is 58.1 Å². The van der Waals surface area contributed by atoms with Crippen molar-refractivity contribution < 1.29 is 29.1 Å². The first-order valence-corrected chi connectivity index (χ1v) is 16.8. The number of amides is 1. The Kier molecular flexibility index (Phi) is 7.78. The number of hydrogen-bond acceptors (Lipinski definition) is 7. The number of benzene rings is 2. The Morgan fingerprint density at radius 2 is 1.90 bits per heavy atom. The highest BCUT2D eigenvalue weighted by Crippen LogP contribution is 2.47. The molecule has 2 aromatic carbocycles. The normalized spacial score (nSPS) is 35.8. The summed E-state index contributed by atoms with van der Waals surface area (Å²) in [7, 11) is -3.08. The Balaban J connectivity index is 1.41. The van der Waals surface area contributed by atoms with E-state index in [9.17, 15) is 24.3 Å². The maximum atomic E-state index is 13.3. The number of carbonyl (C=O) groups is 1. The van der Waals surface area contributed by atoms with Crippen LogP contribution in [0, 0.1) is 11.8 Å². The molecule has 2 heterocycles. The molecule has 10 heteroatoms. The predicted octanol–water partition coefficient (Wildman–Crippen LogP) is 3.08. The third kappa shape index (κ3) is 5.71. The molecule has 6 rings (SSSR count). The summed E-state index contributed by atoms with van der Waals surface area (Å²) < 4.78 is 22.2.